The van der Waals surface area contributed by atoms with Gasteiger partial charge in [0.05, 0.1) is 0 Å². The van der Waals surface area contributed by atoms with Crippen LogP contribution in [0.1, 0.15) is 46.6 Å². The zero-order chi connectivity index (χ0) is 12.3. The molecule has 0 bridgehead atoms. The van der Waals surface area contributed by atoms with E-state index in [-0.39, 0.29) is 0 Å². The molecule has 0 unspecified atom stereocenters. The standard InChI is InChI=1S/C11H16.C2H6.I2/c1-4-11(2,3)10-8-6-5-7-9-10;2*1-2/h5-9H,4H2,1-3H3;1-2H3;. The monoisotopic (exact) mass is 432 g/mol. The van der Waals surface area contributed by atoms with Gasteiger partial charge >= 0.3 is 0 Å². The molecule has 0 aliphatic rings. The Morgan fingerprint density at radius 3 is 1.73 bits per heavy atom. The number of hydrogen-bond acceptors (Lipinski definition) is 0. The van der Waals surface area contributed by atoms with Crippen molar-refractivity contribution in [2.45, 2.75) is 46.5 Å². The van der Waals surface area contributed by atoms with E-state index < -0.39 is 0 Å². The Bertz CT molecular complexity index is 217. The van der Waals surface area contributed by atoms with Crippen LogP contribution in [-0.2, 0) is 5.41 Å². The fourth-order valence-electron chi connectivity index (χ4n) is 1.09. The van der Waals surface area contributed by atoms with E-state index in [0.717, 1.165) is 0 Å². The van der Waals surface area contributed by atoms with Gasteiger partial charge in [-0.15, -0.1) is 0 Å². The predicted octanol–water partition coefficient (Wildman–Crippen LogP) is 6.17. The lowest BCUT2D eigenvalue weighted by molar-refractivity contribution is 0.506. The molecular weight excluding hydrogens is 410 g/mol. The lowest BCUT2D eigenvalue weighted by Gasteiger charge is -2.22. The van der Waals surface area contributed by atoms with Crippen molar-refractivity contribution in [3.63, 3.8) is 0 Å². The van der Waals surface area contributed by atoms with E-state index in [0.29, 0.717) is 5.41 Å². The molecule has 0 fully saturated rings. The normalized spacial score (nSPS) is 9.27. The number of benzene rings is 1. The molecule has 1 rings (SSSR count). The zero-order valence-corrected chi connectivity index (χ0v) is 14.7. The van der Waals surface area contributed by atoms with Gasteiger partial charge in [-0.3, -0.25) is 0 Å². The summed E-state index contributed by atoms with van der Waals surface area (Å²) in [4.78, 5) is 0. The maximum absolute atomic E-state index is 2.28. The van der Waals surface area contributed by atoms with E-state index in [1.165, 1.54) is 12.0 Å². The van der Waals surface area contributed by atoms with E-state index in [1.54, 1.807) is 0 Å². The van der Waals surface area contributed by atoms with Gasteiger partial charge in [0, 0.05) is 37.2 Å². The first-order valence-electron chi connectivity index (χ1n) is 5.36. The van der Waals surface area contributed by atoms with Crippen LogP contribution in [-0.4, -0.2) is 0 Å². The number of hydrogen-bond donors (Lipinski definition) is 0. The molecule has 0 amide bonds. The molecule has 0 spiro atoms. The van der Waals surface area contributed by atoms with Gasteiger partial charge in [-0.05, 0) is 17.4 Å². The summed E-state index contributed by atoms with van der Waals surface area (Å²) < 4.78 is 0. The largest absolute Gasteiger partial charge is 0.0683 e. The second-order valence-corrected chi connectivity index (χ2v) is 3.60. The third-order valence-corrected chi connectivity index (χ3v) is 2.44. The maximum Gasteiger partial charge on any atom is 0 e. The molecule has 0 aliphatic carbocycles. The first-order valence-corrected chi connectivity index (χ1v) is 11.6. The van der Waals surface area contributed by atoms with Gasteiger partial charge < -0.3 is 0 Å². The average molecular weight is 432 g/mol. The molecule has 0 radical (unpaired) electrons. The lowest BCUT2D eigenvalue weighted by Crippen LogP contribution is -2.14. The van der Waals surface area contributed by atoms with Gasteiger partial charge in [-0.1, -0.05) is 65.0 Å². The molecule has 0 nitrogen and oxygen atoms in total. The molecule has 1 aromatic rings. The van der Waals surface area contributed by atoms with Crippen LogP contribution < -0.4 is 0 Å². The molecule has 0 heterocycles. The molecule has 2 heteroatoms. The maximum atomic E-state index is 2.28. The van der Waals surface area contributed by atoms with Gasteiger partial charge in [0.25, 0.3) is 0 Å². The summed E-state index contributed by atoms with van der Waals surface area (Å²) in [5.41, 5.74) is 1.77. The highest BCUT2D eigenvalue weighted by Crippen LogP contribution is 2.25. The van der Waals surface area contributed by atoms with Crippen LogP contribution in [0.5, 0.6) is 0 Å². The van der Waals surface area contributed by atoms with E-state index in [4.69, 9.17) is 0 Å². The van der Waals surface area contributed by atoms with Crippen molar-refractivity contribution in [2.75, 3.05) is 0 Å². The molecule has 0 N–H and O–H groups in total. The van der Waals surface area contributed by atoms with Crippen molar-refractivity contribution < 1.29 is 0 Å². The third-order valence-electron chi connectivity index (χ3n) is 2.44. The SMILES string of the molecule is CC.CCC(C)(C)c1ccccc1.II. The Hall–Kier alpha value is 0.680. The molecule has 0 saturated carbocycles. The summed E-state index contributed by atoms with van der Waals surface area (Å²) in [6.45, 7) is 10.8. The Labute approximate surface area is 119 Å². The van der Waals surface area contributed by atoms with Gasteiger partial charge in [-0.2, -0.15) is 0 Å². The van der Waals surface area contributed by atoms with Crippen LogP contribution in [0.3, 0.4) is 0 Å². The minimum atomic E-state index is 0.335. The summed E-state index contributed by atoms with van der Waals surface area (Å²) in [5, 5.41) is 0. The van der Waals surface area contributed by atoms with Crippen molar-refractivity contribution in [3.8, 4) is 0 Å². The summed E-state index contributed by atoms with van der Waals surface area (Å²) in [6, 6.07) is 10.7. The minimum Gasteiger partial charge on any atom is -0.0683 e. The summed E-state index contributed by atoms with van der Waals surface area (Å²) >= 11 is 4.24. The van der Waals surface area contributed by atoms with Crippen LogP contribution in [0.4, 0.5) is 0 Å². The van der Waals surface area contributed by atoms with Crippen molar-refractivity contribution >= 4 is 37.2 Å². The lowest BCUT2D eigenvalue weighted by atomic mass is 9.82. The second-order valence-electron chi connectivity index (χ2n) is 3.60. The van der Waals surface area contributed by atoms with Crippen LogP contribution >= 0.6 is 37.2 Å². The zero-order valence-electron chi connectivity index (χ0n) is 10.3. The first-order chi connectivity index (χ1) is 7.17. The highest BCUT2D eigenvalue weighted by molar-refractivity contribution is 15.0. The Kier molecular flexibility index (Phi) is 13.5. The van der Waals surface area contributed by atoms with E-state index in [2.05, 4.69) is 88.3 Å². The predicted molar refractivity (Wildman–Crippen MR) is 89.1 cm³/mol. The fourth-order valence-corrected chi connectivity index (χ4v) is 1.09. The van der Waals surface area contributed by atoms with E-state index in [9.17, 15) is 0 Å². The van der Waals surface area contributed by atoms with Crippen molar-refractivity contribution in [3.05, 3.63) is 35.9 Å². The first kappa shape index (κ1) is 18.1. The third kappa shape index (κ3) is 7.55. The van der Waals surface area contributed by atoms with Crippen molar-refractivity contribution in [1.29, 1.82) is 0 Å². The molecule has 0 aromatic heterocycles. The van der Waals surface area contributed by atoms with Gasteiger partial charge in [0.2, 0.25) is 0 Å². The average Bonchev–Trinajstić information content (AvgIpc) is 2.35. The van der Waals surface area contributed by atoms with E-state index >= 15 is 0 Å². The molecular formula is C13H22I2. The highest BCUT2D eigenvalue weighted by atomic mass is 128. The Morgan fingerprint density at radius 1 is 1.00 bits per heavy atom. The Morgan fingerprint density at radius 2 is 1.40 bits per heavy atom. The van der Waals surface area contributed by atoms with Crippen LogP contribution in [0, 0.1) is 0 Å². The quantitative estimate of drug-likeness (QED) is 0.491. The topological polar surface area (TPSA) is 0 Å². The smallest absolute Gasteiger partial charge is 0 e. The molecule has 0 saturated heterocycles. The molecule has 88 valence electrons. The summed E-state index contributed by atoms with van der Waals surface area (Å²) in [6.07, 6.45) is 1.19. The number of halogens is 2. The highest BCUT2D eigenvalue weighted by Gasteiger charge is 2.16. The molecule has 0 aliphatic heterocycles. The van der Waals surface area contributed by atoms with Crippen LogP contribution in [0.15, 0.2) is 30.3 Å². The Balaban J connectivity index is 0. The molecule has 15 heavy (non-hydrogen) atoms. The van der Waals surface area contributed by atoms with Crippen LogP contribution in [0.2, 0.25) is 0 Å². The van der Waals surface area contributed by atoms with Gasteiger partial charge in [0.15, 0.2) is 0 Å². The van der Waals surface area contributed by atoms with Gasteiger partial charge in [-0.25, -0.2) is 0 Å². The molecule has 0 atom stereocenters. The second kappa shape index (κ2) is 11.2. The van der Waals surface area contributed by atoms with Crippen molar-refractivity contribution in [2.24, 2.45) is 0 Å². The fraction of sp³-hybridized carbons (Fsp3) is 0.538. The van der Waals surface area contributed by atoms with Crippen LogP contribution in [0.25, 0.3) is 0 Å². The molecule has 1 aromatic carbocycles. The van der Waals surface area contributed by atoms with E-state index in [1.807, 2.05) is 13.8 Å². The summed E-state index contributed by atoms with van der Waals surface area (Å²) in [7, 11) is 0. The summed E-state index contributed by atoms with van der Waals surface area (Å²) in [5.74, 6) is 0. The van der Waals surface area contributed by atoms with Gasteiger partial charge in [0.1, 0.15) is 0 Å². The van der Waals surface area contributed by atoms with Crippen molar-refractivity contribution in [1.82, 2.24) is 0 Å². The minimum absolute atomic E-state index is 0.335. The number of rotatable bonds is 2.